The molecule has 3 heteroatoms. The van der Waals surface area contributed by atoms with Crippen molar-refractivity contribution in [2.45, 2.75) is 91.9 Å². The zero-order valence-electron chi connectivity index (χ0n) is 17.8. The predicted molar refractivity (Wildman–Crippen MR) is 109 cm³/mol. The third-order valence-corrected chi connectivity index (χ3v) is 4.58. The summed E-state index contributed by atoms with van der Waals surface area (Å²) in [5.74, 6) is 0. The van der Waals surface area contributed by atoms with Gasteiger partial charge in [0.25, 0.3) is 0 Å². The second-order valence-electron chi connectivity index (χ2n) is 7.21. The molecule has 0 heterocycles. The van der Waals surface area contributed by atoms with Gasteiger partial charge in [0.1, 0.15) is 0 Å². The fourth-order valence-corrected chi connectivity index (χ4v) is 3.08. The van der Waals surface area contributed by atoms with Crippen LogP contribution in [0.5, 0.6) is 0 Å². The maximum atomic E-state index is 2.30. The van der Waals surface area contributed by atoms with Gasteiger partial charge in [-0.1, -0.05) is 91.9 Å². The van der Waals surface area contributed by atoms with Gasteiger partial charge in [0.15, 0.2) is 0 Å². The minimum absolute atomic E-state index is 0. The Morgan fingerprint density at radius 2 is 1.00 bits per heavy atom. The van der Waals surface area contributed by atoms with E-state index in [1.165, 1.54) is 86.5 Å². The maximum absolute atomic E-state index is 2.30. The van der Waals surface area contributed by atoms with Gasteiger partial charge in [0.05, 0.1) is 0 Å². The molecule has 27 heavy (non-hydrogen) atoms. The van der Waals surface area contributed by atoms with Gasteiger partial charge in [-0.25, -0.2) is 12.1 Å². The molecular formula is C24H38Cl2Zr. The summed E-state index contributed by atoms with van der Waals surface area (Å²) < 4.78 is 0. The Labute approximate surface area is 200 Å². The van der Waals surface area contributed by atoms with Gasteiger partial charge >= 0.3 is 26.2 Å². The van der Waals surface area contributed by atoms with E-state index in [1.807, 2.05) is 0 Å². The Morgan fingerprint density at radius 3 is 1.26 bits per heavy atom. The number of hydrogen-bond acceptors (Lipinski definition) is 0. The number of halogens is 2. The second-order valence-corrected chi connectivity index (χ2v) is 7.21. The molecule has 0 spiro atoms. The van der Waals surface area contributed by atoms with Crippen LogP contribution >= 0.6 is 0 Å². The standard InChI is InChI=1S/2C12H19.2ClH.Zr/c2*1-3-4-5-6-7-12-9-8-11(2)10-12;;;/h2*8-10H,3-7H2,1-2H3;2*1H;/q2*-1;;;+4/p-2. The van der Waals surface area contributed by atoms with Crippen molar-refractivity contribution < 1.29 is 51.0 Å². The first-order chi connectivity index (χ1) is 11.7. The predicted octanol–water partition coefficient (Wildman–Crippen LogP) is 1.68. The molecule has 0 unspecified atom stereocenters. The smallest absolute Gasteiger partial charge is 1.00 e. The van der Waals surface area contributed by atoms with Crippen molar-refractivity contribution in [1.82, 2.24) is 0 Å². The zero-order valence-corrected chi connectivity index (χ0v) is 21.8. The third-order valence-electron chi connectivity index (χ3n) is 4.58. The third kappa shape index (κ3) is 16.8. The monoisotopic (exact) mass is 486 g/mol. The zero-order chi connectivity index (χ0) is 17.6. The average molecular weight is 489 g/mol. The van der Waals surface area contributed by atoms with E-state index >= 15 is 0 Å². The summed E-state index contributed by atoms with van der Waals surface area (Å²) in [7, 11) is 0. The van der Waals surface area contributed by atoms with Gasteiger partial charge in [-0.15, -0.1) is 0 Å². The normalized spacial score (nSPS) is 9.33. The second kappa shape index (κ2) is 20.9. The Kier molecular flexibility index (Phi) is 24.6. The maximum Gasteiger partial charge on any atom is 4.00 e. The number of unbranched alkanes of at least 4 members (excludes halogenated alkanes) is 6. The van der Waals surface area contributed by atoms with E-state index in [1.54, 1.807) is 0 Å². The Hall–Kier alpha value is 0.163. The van der Waals surface area contributed by atoms with E-state index < -0.39 is 0 Å². The van der Waals surface area contributed by atoms with E-state index in [0.717, 1.165) is 0 Å². The Morgan fingerprint density at radius 1 is 0.630 bits per heavy atom. The largest absolute Gasteiger partial charge is 4.00 e. The molecule has 0 nitrogen and oxygen atoms in total. The first kappa shape index (κ1) is 31.8. The van der Waals surface area contributed by atoms with Crippen LogP contribution in [-0.2, 0) is 39.0 Å². The molecule has 0 aliphatic rings. The summed E-state index contributed by atoms with van der Waals surface area (Å²) in [6.45, 7) is 8.84. The minimum Gasteiger partial charge on any atom is -1.00 e. The van der Waals surface area contributed by atoms with Crippen LogP contribution < -0.4 is 24.8 Å². The fraction of sp³-hybridized carbons (Fsp3) is 0.583. The van der Waals surface area contributed by atoms with Gasteiger partial charge < -0.3 is 24.8 Å². The first-order valence-electron chi connectivity index (χ1n) is 10.1. The van der Waals surface area contributed by atoms with Crippen molar-refractivity contribution in [3.8, 4) is 0 Å². The first-order valence-corrected chi connectivity index (χ1v) is 10.1. The molecule has 0 saturated carbocycles. The molecule has 2 rings (SSSR count). The van der Waals surface area contributed by atoms with Crippen LogP contribution in [-0.4, -0.2) is 0 Å². The van der Waals surface area contributed by atoms with Crippen molar-refractivity contribution in [3.05, 3.63) is 58.7 Å². The van der Waals surface area contributed by atoms with E-state index in [4.69, 9.17) is 0 Å². The molecule has 0 aromatic heterocycles. The number of hydrogen-bond donors (Lipinski definition) is 0. The molecular weight excluding hydrogens is 450 g/mol. The molecule has 2 aromatic carbocycles. The van der Waals surface area contributed by atoms with Crippen LogP contribution in [0.15, 0.2) is 36.4 Å². The molecule has 0 N–H and O–H groups in total. The van der Waals surface area contributed by atoms with E-state index in [9.17, 15) is 0 Å². The van der Waals surface area contributed by atoms with Crippen LogP contribution in [0, 0.1) is 13.8 Å². The Balaban J connectivity index is -0.000000384. The van der Waals surface area contributed by atoms with E-state index in [2.05, 4.69) is 64.1 Å². The van der Waals surface area contributed by atoms with Crippen LogP contribution in [0.2, 0.25) is 0 Å². The summed E-state index contributed by atoms with van der Waals surface area (Å²) in [4.78, 5) is 0. The van der Waals surface area contributed by atoms with Gasteiger partial charge in [-0.05, 0) is 0 Å². The summed E-state index contributed by atoms with van der Waals surface area (Å²) in [6, 6.07) is 13.5. The quantitative estimate of drug-likeness (QED) is 0.353. The van der Waals surface area contributed by atoms with Crippen molar-refractivity contribution in [1.29, 1.82) is 0 Å². The van der Waals surface area contributed by atoms with Gasteiger partial charge in [-0.2, -0.15) is 46.5 Å². The number of rotatable bonds is 10. The number of aryl methyl sites for hydroxylation is 4. The van der Waals surface area contributed by atoms with Gasteiger partial charge in [0.2, 0.25) is 0 Å². The molecule has 0 saturated heterocycles. The molecule has 0 radical (unpaired) electrons. The van der Waals surface area contributed by atoms with Crippen molar-refractivity contribution in [2.24, 2.45) is 0 Å². The SMILES string of the molecule is CCCCCCc1cc[c-](C)c1.CCCCCCc1cc[c-](C)c1.[Cl-].[Cl-].[Zr+4]. The van der Waals surface area contributed by atoms with E-state index in [-0.39, 0.29) is 51.0 Å². The van der Waals surface area contributed by atoms with Crippen LogP contribution in [0.25, 0.3) is 0 Å². The molecule has 152 valence electrons. The van der Waals surface area contributed by atoms with Gasteiger partial charge in [-0.3, -0.25) is 0 Å². The summed E-state index contributed by atoms with van der Waals surface area (Å²) >= 11 is 0. The molecule has 0 bridgehead atoms. The molecule has 2 aromatic rings. The van der Waals surface area contributed by atoms with Crippen molar-refractivity contribution in [2.75, 3.05) is 0 Å². The fourth-order valence-electron chi connectivity index (χ4n) is 3.08. The Bertz CT molecular complexity index is 480. The minimum atomic E-state index is 0. The molecule has 0 fully saturated rings. The topological polar surface area (TPSA) is 0 Å². The van der Waals surface area contributed by atoms with E-state index in [0.29, 0.717) is 0 Å². The molecule has 0 atom stereocenters. The van der Waals surface area contributed by atoms with Crippen LogP contribution in [0.3, 0.4) is 0 Å². The molecule has 0 amide bonds. The van der Waals surface area contributed by atoms with Crippen LogP contribution in [0.4, 0.5) is 0 Å². The average Bonchev–Trinajstić information content (AvgIpc) is 3.17. The van der Waals surface area contributed by atoms with Crippen molar-refractivity contribution in [3.63, 3.8) is 0 Å². The molecule has 0 aliphatic heterocycles. The summed E-state index contributed by atoms with van der Waals surface area (Å²) in [5, 5.41) is 0. The summed E-state index contributed by atoms with van der Waals surface area (Å²) in [6.07, 6.45) is 13.5. The molecule has 0 aliphatic carbocycles. The van der Waals surface area contributed by atoms with Crippen molar-refractivity contribution >= 4 is 0 Å². The summed E-state index contributed by atoms with van der Waals surface area (Å²) in [5.41, 5.74) is 5.84. The van der Waals surface area contributed by atoms with Gasteiger partial charge in [0, 0.05) is 0 Å². The van der Waals surface area contributed by atoms with Crippen LogP contribution in [0.1, 0.15) is 87.5 Å².